The van der Waals surface area contributed by atoms with E-state index < -0.39 is 0 Å². The Hall–Kier alpha value is -1.06. The fourth-order valence-electron chi connectivity index (χ4n) is 1.60. The van der Waals surface area contributed by atoms with Crippen LogP contribution in [0.4, 0.5) is 0 Å². The number of hydrogen-bond acceptors (Lipinski definition) is 3. The molecule has 1 aromatic carbocycles. The van der Waals surface area contributed by atoms with Gasteiger partial charge in [0, 0.05) is 13.1 Å². The Kier molecular flexibility index (Phi) is 5.90. The number of nitrogens with one attached hydrogen (secondary N) is 1. The van der Waals surface area contributed by atoms with E-state index in [0.717, 1.165) is 25.1 Å². The molecular weight excluding hydrogens is 202 g/mol. The van der Waals surface area contributed by atoms with Gasteiger partial charge in [-0.25, -0.2) is 0 Å². The largest absolute Gasteiger partial charge is 0.497 e. The van der Waals surface area contributed by atoms with Gasteiger partial charge in [-0.15, -0.1) is 0 Å². The summed E-state index contributed by atoms with van der Waals surface area (Å²) < 4.78 is 5.14. The van der Waals surface area contributed by atoms with E-state index in [9.17, 15) is 5.11 Å². The lowest BCUT2D eigenvalue weighted by molar-refractivity contribution is 0.160. The van der Waals surface area contributed by atoms with Crippen LogP contribution in [0.2, 0.25) is 0 Å². The van der Waals surface area contributed by atoms with Gasteiger partial charge in [0.25, 0.3) is 0 Å². The van der Waals surface area contributed by atoms with Crippen molar-refractivity contribution < 1.29 is 9.84 Å². The summed E-state index contributed by atoms with van der Waals surface area (Å²) in [4.78, 5) is 0. The second-order valence-electron chi connectivity index (χ2n) is 3.92. The van der Waals surface area contributed by atoms with E-state index in [1.54, 1.807) is 7.11 Å². The SMILES string of the molecule is CCCC(O)CNCc1cccc(OC)c1. The van der Waals surface area contributed by atoms with Crippen molar-refractivity contribution in [2.75, 3.05) is 13.7 Å². The summed E-state index contributed by atoms with van der Waals surface area (Å²) in [5.41, 5.74) is 1.17. The smallest absolute Gasteiger partial charge is 0.119 e. The van der Waals surface area contributed by atoms with Crippen LogP contribution in [0.25, 0.3) is 0 Å². The molecular formula is C13H21NO2. The van der Waals surface area contributed by atoms with Gasteiger partial charge >= 0.3 is 0 Å². The molecule has 3 heteroatoms. The fourth-order valence-corrected chi connectivity index (χ4v) is 1.60. The minimum atomic E-state index is -0.240. The number of aliphatic hydroxyl groups is 1. The van der Waals surface area contributed by atoms with Crippen molar-refractivity contribution in [3.8, 4) is 5.75 Å². The number of benzene rings is 1. The average Bonchev–Trinajstić information content (AvgIpc) is 2.30. The first-order valence-corrected chi connectivity index (χ1v) is 5.78. The van der Waals surface area contributed by atoms with Crippen molar-refractivity contribution in [2.24, 2.45) is 0 Å². The highest BCUT2D eigenvalue weighted by Crippen LogP contribution is 2.12. The minimum absolute atomic E-state index is 0.240. The van der Waals surface area contributed by atoms with E-state index in [2.05, 4.69) is 12.2 Å². The fraction of sp³-hybridized carbons (Fsp3) is 0.538. The number of hydrogen-bond donors (Lipinski definition) is 2. The third kappa shape index (κ3) is 4.64. The zero-order valence-electron chi connectivity index (χ0n) is 10.1. The van der Waals surface area contributed by atoms with Crippen LogP contribution < -0.4 is 10.1 Å². The quantitative estimate of drug-likeness (QED) is 0.742. The molecule has 0 spiro atoms. The summed E-state index contributed by atoms with van der Waals surface area (Å²) in [6.07, 6.45) is 1.63. The van der Waals surface area contributed by atoms with Crippen LogP contribution in [0.15, 0.2) is 24.3 Å². The van der Waals surface area contributed by atoms with Crippen LogP contribution in [-0.4, -0.2) is 24.9 Å². The van der Waals surface area contributed by atoms with E-state index in [0.29, 0.717) is 6.54 Å². The van der Waals surface area contributed by atoms with Crippen LogP contribution in [0, 0.1) is 0 Å². The molecule has 3 nitrogen and oxygen atoms in total. The van der Waals surface area contributed by atoms with Gasteiger partial charge in [0.05, 0.1) is 13.2 Å². The maximum Gasteiger partial charge on any atom is 0.119 e. The number of rotatable bonds is 7. The molecule has 1 unspecified atom stereocenters. The number of ether oxygens (including phenoxy) is 1. The molecule has 0 fully saturated rings. The third-order valence-corrected chi connectivity index (χ3v) is 2.47. The lowest BCUT2D eigenvalue weighted by Gasteiger charge is -2.11. The third-order valence-electron chi connectivity index (χ3n) is 2.47. The first-order valence-electron chi connectivity index (χ1n) is 5.78. The highest BCUT2D eigenvalue weighted by atomic mass is 16.5. The normalized spacial score (nSPS) is 12.4. The monoisotopic (exact) mass is 223 g/mol. The molecule has 0 radical (unpaired) electrons. The molecule has 0 heterocycles. The van der Waals surface area contributed by atoms with Gasteiger partial charge in [0.2, 0.25) is 0 Å². The van der Waals surface area contributed by atoms with Gasteiger partial charge in [-0.05, 0) is 24.1 Å². The number of aliphatic hydroxyl groups excluding tert-OH is 1. The van der Waals surface area contributed by atoms with Gasteiger partial charge in [-0.2, -0.15) is 0 Å². The second kappa shape index (κ2) is 7.25. The summed E-state index contributed by atoms with van der Waals surface area (Å²) in [6.45, 7) is 3.48. The lowest BCUT2D eigenvalue weighted by atomic mass is 10.2. The van der Waals surface area contributed by atoms with Crippen molar-refractivity contribution >= 4 is 0 Å². The van der Waals surface area contributed by atoms with E-state index in [1.165, 1.54) is 5.56 Å². The molecule has 1 aromatic rings. The van der Waals surface area contributed by atoms with E-state index in [4.69, 9.17) is 4.74 Å². The molecule has 0 bridgehead atoms. The highest BCUT2D eigenvalue weighted by molar-refractivity contribution is 5.28. The lowest BCUT2D eigenvalue weighted by Crippen LogP contribution is -2.26. The molecule has 0 saturated heterocycles. The topological polar surface area (TPSA) is 41.5 Å². The van der Waals surface area contributed by atoms with Crippen molar-refractivity contribution in [3.63, 3.8) is 0 Å². The highest BCUT2D eigenvalue weighted by Gasteiger charge is 2.01. The van der Waals surface area contributed by atoms with Crippen molar-refractivity contribution in [2.45, 2.75) is 32.4 Å². The Bertz CT molecular complexity index is 302. The molecule has 0 aromatic heterocycles. The molecule has 0 aliphatic heterocycles. The van der Waals surface area contributed by atoms with E-state index in [1.807, 2.05) is 24.3 Å². The molecule has 1 atom stereocenters. The van der Waals surface area contributed by atoms with Gasteiger partial charge in [-0.1, -0.05) is 25.5 Å². The van der Waals surface area contributed by atoms with Crippen LogP contribution in [-0.2, 0) is 6.54 Å². The predicted molar refractivity (Wildman–Crippen MR) is 65.6 cm³/mol. The average molecular weight is 223 g/mol. The molecule has 90 valence electrons. The summed E-state index contributed by atoms with van der Waals surface area (Å²) in [5, 5.41) is 12.8. The Balaban J connectivity index is 2.31. The Morgan fingerprint density at radius 2 is 2.25 bits per heavy atom. The second-order valence-corrected chi connectivity index (χ2v) is 3.92. The molecule has 16 heavy (non-hydrogen) atoms. The van der Waals surface area contributed by atoms with E-state index >= 15 is 0 Å². The molecule has 2 N–H and O–H groups in total. The van der Waals surface area contributed by atoms with Crippen molar-refractivity contribution in [1.82, 2.24) is 5.32 Å². The van der Waals surface area contributed by atoms with Gasteiger partial charge < -0.3 is 15.2 Å². The Labute approximate surface area is 97.4 Å². The van der Waals surface area contributed by atoms with Gasteiger partial charge in [-0.3, -0.25) is 0 Å². The summed E-state index contributed by atoms with van der Waals surface area (Å²) in [5.74, 6) is 0.869. The zero-order chi connectivity index (χ0) is 11.8. The Morgan fingerprint density at radius 1 is 1.44 bits per heavy atom. The molecule has 0 amide bonds. The summed E-state index contributed by atoms with van der Waals surface area (Å²) in [7, 11) is 1.66. The molecule has 0 aliphatic carbocycles. The van der Waals surface area contributed by atoms with Gasteiger partial charge in [0.1, 0.15) is 5.75 Å². The standard InChI is InChI=1S/C13H21NO2/c1-3-5-12(15)10-14-9-11-6-4-7-13(8-11)16-2/h4,6-8,12,14-15H,3,5,9-10H2,1-2H3. The summed E-state index contributed by atoms with van der Waals surface area (Å²) >= 11 is 0. The molecule has 0 aliphatic rings. The maximum absolute atomic E-state index is 9.54. The van der Waals surface area contributed by atoms with Crippen LogP contribution in [0.3, 0.4) is 0 Å². The van der Waals surface area contributed by atoms with Crippen molar-refractivity contribution in [1.29, 1.82) is 0 Å². The van der Waals surface area contributed by atoms with E-state index in [-0.39, 0.29) is 6.10 Å². The van der Waals surface area contributed by atoms with Crippen LogP contribution in [0.1, 0.15) is 25.3 Å². The molecule has 1 rings (SSSR count). The van der Waals surface area contributed by atoms with Crippen molar-refractivity contribution in [3.05, 3.63) is 29.8 Å². The number of methoxy groups -OCH3 is 1. The predicted octanol–water partition coefficient (Wildman–Crippen LogP) is 1.95. The summed E-state index contributed by atoms with van der Waals surface area (Å²) in [6, 6.07) is 7.94. The Morgan fingerprint density at radius 3 is 2.94 bits per heavy atom. The maximum atomic E-state index is 9.54. The van der Waals surface area contributed by atoms with Crippen LogP contribution >= 0.6 is 0 Å². The zero-order valence-corrected chi connectivity index (χ0v) is 10.1. The van der Waals surface area contributed by atoms with Crippen LogP contribution in [0.5, 0.6) is 5.75 Å². The first-order chi connectivity index (χ1) is 7.76. The molecule has 0 saturated carbocycles. The first kappa shape index (κ1) is 13.0. The van der Waals surface area contributed by atoms with Gasteiger partial charge in [0.15, 0.2) is 0 Å². The minimum Gasteiger partial charge on any atom is -0.497 e.